The Bertz CT molecular complexity index is 643. The number of nitrogens with two attached hydrogens (primary N) is 3. The van der Waals surface area contributed by atoms with Crippen LogP contribution in [0.3, 0.4) is 0 Å². The van der Waals surface area contributed by atoms with Crippen LogP contribution < -0.4 is 33.2 Å². The lowest BCUT2D eigenvalue weighted by Crippen LogP contribution is -2.59. The summed E-state index contributed by atoms with van der Waals surface area (Å²) in [5.74, 6) is -5.30. The van der Waals surface area contributed by atoms with E-state index in [4.69, 9.17) is 17.2 Å². The predicted molar refractivity (Wildman–Crippen MR) is 110 cm³/mol. The lowest BCUT2D eigenvalue weighted by atomic mass is 10.0. The summed E-state index contributed by atoms with van der Waals surface area (Å²) in [6.07, 6.45) is 0.971. The number of primary amides is 1. The number of rotatable bonds is 15. The van der Waals surface area contributed by atoms with E-state index in [2.05, 4.69) is 16.0 Å². The molecule has 0 aliphatic heterocycles. The third-order valence-electron chi connectivity index (χ3n) is 4.39. The van der Waals surface area contributed by atoms with Crippen LogP contribution in [0.25, 0.3) is 0 Å². The maximum absolute atomic E-state index is 12.5. The van der Waals surface area contributed by atoms with Crippen LogP contribution in [0.1, 0.15) is 39.5 Å². The fourth-order valence-electron chi connectivity index (χ4n) is 2.56. The topological polar surface area (TPSA) is 240 Å². The van der Waals surface area contributed by atoms with Gasteiger partial charge in [0.25, 0.3) is 0 Å². The van der Waals surface area contributed by atoms with E-state index >= 15 is 0 Å². The Morgan fingerprint density at radius 2 is 1.45 bits per heavy atom. The molecule has 0 saturated carbocycles. The number of amides is 4. The van der Waals surface area contributed by atoms with Gasteiger partial charge in [-0.05, 0) is 25.3 Å². The molecule has 0 aliphatic carbocycles. The Balaban J connectivity index is 5.17. The number of hydrogen-bond acceptors (Lipinski definition) is 8. The highest BCUT2D eigenvalue weighted by atomic mass is 16.4. The molecule has 4 atom stereocenters. The van der Waals surface area contributed by atoms with Crippen molar-refractivity contribution in [2.24, 2.45) is 23.1 Å². The van der Waals surface area contributed by atoms with Crippen LogP contribution in [0.15, 0.2) is 0 Å². The van der Waals surface area contributed by atoms with E-state index in [-0.39, 0.29) is 0 Å². The first-order valence-electron chi connectivity index (χ1n) is 9.93. The number of aliphatic hydroxyl groups excluding tert-OH is 1. The van der Waals surface area contributed by atoms with Gasteiger partial charge in [0.2, 0.25) is 23.6 Å². The molecule has 0 aromatic heterocycles. The Labute approximate surface area is 180 Å². The number of aliphatic hydroxyl groups is 1. The molecule has 0 aliphatic rings. The van der Waals surface area contributed by atoms with E-state index in [0.29, 0.717) is 25.8 Å². The maximum atomic E-state index is 12.5. The average molecular weight is 447 g/mol. The highest BCUT2D eigenvalue weighted by Gasteiger charge is 2.31. The Kier molecular flexibility index (Phi) is 13.0. The van der Waals surface area contributed by atoms with E-state index < -0.39 is 72.7 Å². The molecule has 4 unspecified atom stereocenters. The van der Waals surface area contributed by atoms with Gasteiger partial charge < -0.3 is 43.4 Å². The van der Waals surface area contributed by atoms with Crippen molar-refractivity contribution in [1.82, 2.24) is 16.0 Å². The van der Waals surface area contributed by atoms with E-state index in [1.807, 2.05) is 0 Å². The quantitative estimate of drug-likeness (QED) is 0.116. The predicted octanol–water partition coefficient (Wildman–Crippen LogP) is -3.49. The van der Waals surface area contributed by atoms with Crippen LogP contribution in [-0.4, -0.2) is 77.1 Å². The zero-order valence-electron chi connectivity index (χ0n) is 17.8. The zero-order chi connectivity index (χ0) is 24.1. The first-order valence-corrected chi connectivity index (χ1v) is 9.93. The van der Waals surface area contributed by atoms with Crippen LogP contribution in [0.4, 0.5) is 0 Å². The Morgan fingerprint density at radius 1 is 0.903 bits per heavy atom. The lowest BCUT2D eigenvalue weighted by Gasteiger charge is -2.24. The van der Waals surface area contributed by atoms with Gasteiger partial charge in [0.1, 0.15) is 18.1 Å². The second-order valence-corrected chi connectivity index (χ2v) is 7.43. The Morgan fingerprint density at radius 3 is 1.90 bits per heavy atom. The van der Waals surface area contributed by atoms with Gasteiger partial charge >= 0.3 is 5.97 Å². The number of unbranched alkanes of at least 4 members (excludes halogenated alkanes) is 1. The molecular weight excluding hydrogens is 412 g/mol. The normalized spacial score (nSPS) is 14.8. The van der Waals surface area contributed by atoms with Crippen molar-refractivity contribution in [2.45, 2.75) is 63.7 Å². The van der Waals surface area contributed by atoms with Crippen molar-refractivity contribution in [1.29, 1.82) is 0 Å². The van der Waals surface area contributed by atoms with E-state index in [0.717, 1.165) is 0 Å². The molecule has 0 aromatic carbocycles. The fourth-order valence-corrected chi connectivity index (χ4v) is 2.56. The van der Waals surface area contributed by atoms with Crippen LogP contribution >= 0.6 is 0 Å². The minimum atomic E-state index is -1.50. The van der Waals surface area contributed by atoms with Crippen molar-refractivity contribution in [3.05, 3.63) is 0 Å². The molecule has 0 radical (unpaired) electrons. The van der Waals surface area contributed by atoms with Gasteiger partial charge in [0, 0.05) is 0 Å². The van der Waals surface area contributed by atoms with Crippen molar-refractivity contribution < 1.29 is 34.2 Å². The number of hydrogen-bond donors (Lipinski definition) is 8. The van der Waals surface area contributed by atoms with Gasteiger partial charge in [-0.15, -0.1) is 0 Å². The van der Waals surface area contributed by atoms with Gasteiger partial charge in [-0.1, -0.05) is 20.3 Å². The summed E-state index contributed by atoms with van der Waals surface area (Å²) >= 11 is 0. The molecule has 0 bridgehead atoms. The molecule has 0 heterocycles. The lowest BCUT2D eigenvalue weighted by molar-refractivity contribution is -0.143. The van der Waals surface area contributed by atoms with Crippen LogP contribution in [0, 0.1) is 5.92 Å². The standard InChI is InChI=1S/C18H34N6O7/c1-9(2)14(18(30)31)24-16(28)11(7-13(21)26)22-17(29)12(8-25)23-15(27)10(20)5-3-4-6-19/h9-12,14,25H,3-8,19-20H2,1-2H3,(H2,21,26)(H,22,29)(H,23,27)(H,24,28)(H,30,31). The minimum absolute atomic E-state index is 0.321. The monoisotopic (exact) mass is 446 g/mol. The summed E-state index contributed by atoms with van der Waals surface area (Å²) in [5, 5.41) is 25.4. The molecule has 13 heteroatoms. The number of carboxylic acids is 1. The maximum Gasteiger partial charge on any atom is 0.326 e. The van der Waals surface area contributed by atoms with Crippen LogP contribution in [0.2, 0.25) is 0 Å². The van der Waals surface area contributed by atoms with E-state index in [1.54, 1.807) is 13.8 Å². The molecule has 0 saturated heterocycles. The number of nitrogens with one attached hydrogen (secondary N) is 3. The molecule has 4 amide bonds. The van der Waals surface area contributed by atoms with Gasteiger partial charge in [-0.25, -0.2) is 4.79 Å². The molecule has 13 nitrogen and oxygen atoms in total. The fraction of sp³-hybridized carbons (Fsp3) is 0.722. The molecule has 0 aromatic rings. The molecule has 0 spiro atoms. The zero-order valence-corrected chi connectivity index (χ0v) is 17.8. The largest absolute Gasteiger partial charge is 0.480 e. The minimum Gasteiger partial charge on any atom is -0.480 e. The highest BCUT2D eigenvalue weighted by Crippen LogP contribution is 2.04. The van der Waals surface area contributed by atoms with Crippen LogP contribution in [0.5, 0.6) is 0 Å². The van der Waals surface area contributed by atoms with E-state index in [9.17, 15) is 34.2 Å². The van der Waals surface area contributed by atoms with Crippen molar-refractivity contribution >= 4 is 29.6 Å². The first-order chi connectivity index (χ1) is 14.4. The van der Waals surface area contributed by atoms with Crippen molar-refractivity contribution in [2.75, 3.05) is 13.2 Å². The summed E-state index contributed by atoms with van der Waals surface area (Å²) in [7, 11) is 0. The second kappa shape index (κ2) is 14.3. The highest BCUT2D eigenvalue weighted by molar-refractivity contribution is 5.96. The summed E-state index contributed by atoms with van der Waals surface area (Å²) < 4.78 is 0. The molecular formula is C18H34N6O7. The van der Waals surface area contributed by atoms with Gasteiger partial charge in [-0.3, -0.25) is 19.2 Å². The summed E-state index contributed by atoms with van der Waals surface area (Å²) in [4.78, 5) is 59.6. The first kappa shape index (κ1) is 28.2. The van der Waals surface area contributed by atoms with Gasteiger partial charge in [0.05, 0.1) is 19.1 Å². The molecule has 11 N–H and O–H groups in total. The number of carbonyl (C=O) groups is 5. The van der Waals surface area contributed by atoms with Gasteiger partial charge in [0.15, 0.2) is 0 Å². The SMILES string of the molecule is CC(C)C(NC(=O)C(CC(N)=O)NC(=O)C(CO)NC(=O)C(N)CCCCN)C(=O)O. The molecule has 0 rings (SSSR count). The average Bonchev–Trinajstić information content (AvgIpc) is 2.68. The second-order valence-electron chi connectivity index (χ2n) is 7.43. The number of carbonyl (C=O) groups excluding carboxylic acids is 4. The summed E-state index contributed by atoms with van der Waals surface area (Å²) in [6.45, 7) is 2.77. The molecule has 0 fully saturated rings. The third-order valence-corrected chi connectivity index (χ3v) is 4.39. The third kappa shape index (κ3) is 10.7. The van der Waals surface area contributed by atoms with Gasteiger partial charge in [-0.2, -0.15) is 0 Å². The summed E-state index contributed by atoms with van der Waals surface area (Å²) in [5.41, 5.74) is 16.2. The number of aliphatic carboxylic acids is 1. The summed E-state index contributed by atoms with van der Waals surface area (Å²) in [6, 6.07) is -5.15. The Hall–Kier alpha value is -2.77. The molecule has 31 heavy (non-hydrogen) atoms. The van der Waals surface area contributed by atoms with Crippen molar-refractivity contribution in [3.8, 4) is 0 Å². The van der Waals surface area contributed by atoms with E-state index in [1.165, 1.54) is 0 Å². The number of carboxylic acid groups (broad SMARTS) is 1. The van der Waals surface area contributed by atoms with Crippen LogP contribution in [-0.2, 0) is 24.0 Å². The van der Waals surface area contributed by atoms with Crippen molar-refractivity contribution in [3.63, 3.8) is 0 Å². The molecule has 178 valence electrons. The smallest absolute Gasteiger partial charge is 0.326 e.